The van der Waals surface area contributed by atoms with Gasteiger partial charge >= 0.3 is 18.7 Å². The Morgan fingerprint density at radius 2 is 1.91 bits per heavy atom. The van der Waals surface area contributed by atoms with Gasteiger partial charge in [0, 0.05) is 0 Å². The van der Waals surface area contributed by atoms with Crippen LogP contribution in [-0.4, -0.2) is 25.8 Å². The maximum atomic E-state index is 11.7. The van der Waals surface area contributed by atoms with Crippen LogP contribution in [0, 0.1) is 0 Å². The van der Waals surface area contributed by atoms with Gasteiger partial charge in [-0.05, 0) is 0 Å². The first kappa shape index (κ1) is 9.99. The molecule has 0 rings (SSSR count). The van der Waals surface area contributed by atoms with Crippen LogP contribution in [0.5, 0.6) is 0 Å². The van der Waals surface area contributed by atoms with E-state index in [0.29, 0.717) is 0 Å². The summed E-state index contributed by atoms with van der Waals surface area (Å²) in [5, 5.41) is 0. The largest absolute Gasteiger partial charge is 0.510 e. The first-order chi connectivity index (χ1) is 4.88. The molecular formula is C4H4F4O3. The van der Waals surface area contributed by atoms with Crippen molar-refractivity contribution in [2.24, 2.45) is 0 Å². The summed E-state index contributed by atoms with van der Waals surface area (Å²) in [6.45, 7) is 0. The monoisotopic (exact) mass is 176 g/mol. The van der Waals surface area contributed by atoms with Crippen LogP contribution >= 0.6 is 0 Å². The van der Waals surface area contributed by atoms with Crippen LogP contribution in [0.2, 0.25) is 0 Å². The molecule has 0 aliphatic carbocycles. The Labute approximate surface area is 58.9 Å². The highest BCUT2D eigenvalue weighted by Crippen LogP contribution is 2.23. The predicted molar refractivity (Wildman–Crippen MR) is 24.4 cm³/mol. The van der Waals surface area contributed by atoms with E-state index in [9.17, 15) is 22.4 Å². The molecule has 0 fully saturated rings. The molecule has 0 aliphatic heterocycles. The van der Waals surface area contributed by atoms with E-state index in [0.717, 1.165) is 7.11 Å². The number of rotatable bonds is 1. The lowest BCUT2D eigenvalue weighted by atomic mass is 10.7. The molecule has 0 saturated heterocycles. The number of methoxy groups -OCH3 is 1. The summed E-state index contributed by atoms with van der Waals surface area (Å²) in [4.78, 5) is 9.88. The highest BCUT2D eigenvalue weighted by molar-refractivity contribution is 5.59. The summed E-state index contributed by atoms with van der Waals surface area (Å²) in [5.41, 5.74) is 0. The number of ether oxygens (including phenoxy) is 2. The summed E-state index contributed by atoms with van der Waals surface area (Å²) in [6.07, 6.45) is -10.5. The Morgan fingerprint density at radius 3 is 2.18 bits per heavy atom. The second-order valence-corrected chi connectivity index (χ2v) is 1.43. The molecule has 0 aromatic carbocycles. The first-order valence-corrected chi connectivity index (χ1v) is 2.33. The molecule has 0 aliphatic rings. The van der Waals surface area contributed by atoms with Gasteiger partial charge in [-0.15, -0.1) is 0 Å². The first-order valence-electron chi connectivity index (χ1n) is 2.33. The van der Waals surface area contributed by atoms with Crippen LogP contribution in [-0.2, 0) is 9.47 Å². The van der Waals surface area contributed by atoms with Crippen LogP contribution < -0.4 is 0 Å². The molecule has 7 heteroatoms. The Hall–Kier alpha value is -1.01. The fraction of sp³-hybridized carbons (Fsp3) is 0.750. The Bertz CT molecular complexity index is 143. The van der Waals surface area contributed by atoms with Crippen molar-refractivity contribution in [1.29, 1.82) is 0 Å². The van der Waals surface area contributed by atoms with Crippen molar-refractivity contribution in [2.75, 3.05) is 7.11 Å². The van der Waals surface area contributed by atoms with Crippen molar-refractivity contribution in [3.63, 3.8) is 0 Å². The number of hydrogen-bond donors (Lipinski definition) is 0. The Balaban J connectivity index is 3.87. The quantitative estimate of drug-likeness (QED) is 0.449. The van der Waals surface area contributed by atoms with Gasteiger partial charge in [-0.1, -0.05) is 0 Å². The van der Waals surface area contributed by atoms with Crippen molar-refractivity contribution >= 4 is 6.16 Å². The van der Waals surface area contributed by atoms with Crippen molar-refractivity contribution < 1.29 is 31.8 Å². The molecule has 0 radical (unpaired) electrons. The summed E-state index contributed by atoms with van der Waals surface area (Å²) in [6, 6.07) is 0. The van der Waals surface area contributed by atoms with Gasteiger partial charge in [-0.3, -0.25) is 0 Å². The second kappa shape index (κ2) is 3.40. The van der Waals surface area contributed by atoms with E-state index in [2.05, 4.69) is 9.47 Å². The third kappa shape index (κ3) is 3.64. The highest BCUT2D eigenvalue weighted by Gasteiger charge is 2.43. The normalized spacial score (nSPS) is 13.9. The molecular weight excluding hydrogens is 172 g/mol. The number of carbonyl (C=O) groups excluding carboxylic acids is 1. The molecule has 0 amide bonds. The van der Waals surface area contributed by atoms with E-state index in [1.807, 2.05) is 0 Å². The topological polar surface area (TPSA) is 35.5 Å². The van der Waals surface area contributed by atoms with Gasteiger partial charge in [0.1, 0.15) is 0 Å². The van der Waals surface area contributed by atoms with Crippen LogP contribution in [0.1, 0.15) is 0 Å². The zero-order valence-electron chi connectivity index (χ0n) is 5.31. The second-order valence-electron chi connectivity index (χ2n) is 1.43. The molecule has 0 saturated carbocycles. The smallest absolute Gasteiger partial charge is 0.438 e. The van der Waals surface area contributed by atoms with E-state index in [-0.39, 0.29) is 0 Å². The van der Waals surface area contributed by atoms with Crippen LogP contribution in [0.4, 0.5) is 22.4 Å². The lowest BCUT2D eigenvalue weighted by Gasteiger charge is -2.11. The predicted octanol–water partition coefficient (Wildman–Crippen LogP) is 1.63. The molecule has 0 N–H and O–H groups in total. The van der Waals surface area contributed by atoms with Gasteiger partial charge in [0.2, 0.25) is 0 Å². The standard InChI is InChI=1S/C4H4F4O3/c1-10-3(9)11-2(5)4(6,7)8/h2H,1H3. The Kier molecular flexibility index (Phi) is 3.09. The van der Waals surface area contributed by atoms with E-state index in [1.165, 1.54) is 0 Å². The van der Waals surface area contributed by atoms with Gasteiger partial charge in [0.25, 0.3) is 0 Å². The number of alkyl halides is 4. The van der Waals surface area contributed by atoms with Crippen molar-refractivity contribution in [3.8, 4) is 0 Å². The molecule has 3 nitrogen and oxygen atoms in total. The van der Waals surface area contributed by atoms with Crippen molar-refractivity contribution in [1.82, 2.24) is 0 Å². The average Bonchev–Trinajstić information content (AvgIpc) is 1.85. The number of hydrogen-bond acceptors (Lipinski definition) is 3. The van der Waals surface area contributed by atoms with Gasteiger partial charge < -0.3 is 9.47 Å². The average molecular weight is 176 g/mol. The highest BCUT2D eigenvalue weighted by atomic mass is 19.4. The summed E-state index contributed by atoms with van der Waals surface area (Å²) in [7, 11) is 0.769. The molecule has 0 aromatic heterocycles. The van der Waals surface area contributed by atoms with Crippen LogP contribution in [0.3, 0.4) is 0 Å². The molecule has 0 spiro atoms. The third-order valence-electron chi connectivity index (χ3n) is 0.624. The van der Waals surface area contributed by atoms with Crippen LogP contribution in [0.15, 0.2) is 0 Å². The minimum Gasteiger partial charge on any atom is -0.438 e. The van der Waals surface area contributed by atoms with Crippen molar-refractivity contribution in [3.05, 3.63) is 0 Å². The lowest BCUT2D eigenvalue weighted by Crippen LogP contribution is -2.29. The minimum absolute atomic E-state index is 0.769. The summed E-state index contributed by atoms with van der Waals surface area (Å²) in [5.74, 6) is 0. The maximum Gasteiger partial charge on any atom is 0.510 e. The van der Waals surface area contributed by atoms with Gasteiger partial charge in [0.05, 0.1) is 7.11 Å². The third-order valence-corrected chi connectivity index (χ3v) is 0.624. The van der Waals surface area contributed by atoms with E-state index in [1.54, 1.807) is 0 Å². The number of halogens is 4. The maximum absolute atomic E-state index is 11.7. The van der Waals surface area contributed by atoms with E-state index in [4.69, 9.17) is 0 Å². The Morgan fingerprint density at radius 1 is 1.45 bits per heavy atom. The molecule has 0 aromatic rings. The van der Waals surface area contributed by atoms with Gasteiger partial charge in [-0.2, -0.15) is 17.6 Å². The summed E-state index contributed by atoms with van der Waals surface area (Å²) < 4.78 is 52.1. The van der Waals surface area contributed by atoms with E-state index < -0.39 is 18.7 Å². The number of carbonyl (C=O) groups is 1. The summed E-state index contributed by atoms with van der Waals surface area (Å²) >= 11 is 0. The SMILES string of the molecule is COC(=O)OC(F)C(F)(F)F. The van der Waals surface area contributed by atoms with Crippen LogP contribution in [0.25, 0.3) is 0 Å². The fourth-order valence-electron chi connectivity index (χ4n) is 0.199. The zero-order chi connectivity index (χ0) is 9.07. The lowest BCUT2D eigenvalue weighted by molar-refractivity contribution is -0.250. The molecule has 66 valence electrons. The molecule has 0 bridgehead atoms. The molecule has 11 heavy (non-hydrogen) atoms. The molecule has 0 heterocycles. The fourth-order valence-corrected chi connectivity index (χ4v) is 0.199. The van der Waals surface area contributed by atoms with E-state index >= 15 is 0 Å². The molecule has 1 unspecified atom stereocenters. The molecule has 1 atom stereocenters. The van der Waals surface area contributed by atoms with Gasteiger partial charge in [0.15, 0.2) is 0 Å². The zero-order valence-corrected chi connectivity index (χ0v) is 5.31. The van der Waals surface area contributed by atoms with Gasteiger partial charge in [-0.25, -0.2) is 4.79 Å². The minimum atomic E-state index is -5.20. The van der Waals surface area contributed by atoms with Crippen molar-refractivity contribution in [2.45, 2.75) is 12.5 Å².